The molecule has 1 saturated carbocycles. The maximum Gasteiger partial charge on any atom is 0.128 e. The summed E-state index contributed by atoms with van der Waals surface area (Å²) in [5.41, 5.74) is 0.379. The molecule has 1 N–H and O–H groups in total. The number of aliphatic hydroxyl groups excluding tert-OH is 1. The predicted molar refractivity (Wildman–Crippen MR) is 89.8 cm³/mol. The van der Waals surface area contributed by atoms with E-state index in [1.54, 1.807) is 12.1 Å². The van der Waals surface area contributed by atoms with Crippen molar-refractivity contribution >= 4 is 23.4 Å². The molecule has 3 rings (SSSR count). The third-order valence-electron chi connectivity index (χ3n) is 4.31. The number of thioether (sulfide) groups is 1. The molecule has 122 valence electrons. The van der Waals surface area contributed by atoms with Crippen molar-refractivity contribution in [2.75, 3.05) is 0 Å². The molecule has 0 unspecified atom stereocenters. The molecule has 0 atom stereocenters. The number of aliphatic hydroxyl groups is 1. The molecule has 0 saturated heterocycles. The molecule has 5 heteroatoms. The van der Waals surface area contributed by atoms with Crippen molar-refractivity contribution in [3.8, 4) is 0 Å². The van der Waals surface area contributed by atoms with E-state index < -0.39 is 16.4 Å². The zero-order chi connectivity index (χ0) is 16.4. The monoisotopic (exact) mass is 354 g/mol. The second-order valence-corrected chi connectivity index (χ2v) is 7.80. The highest BCUT2D eigenvalue weighted by Gasteiger charge is 2.39. The lowest BCUT2D eigenvalue weighted by Crippen LogP contribution is -2.31. The van der Waals surface area contributed by atoms with Crippen LogP contribution < -0.4 is 0 Å². The molecule has 1 aliphatic carbocycles. The number of hydrogen-bond donors (Lipinski definition) is 1. The van der Waals surface area contributed by atoms with Gasteiger partial charge in [-0.3, -0.25) is 0 Å². The topological polar surface area (TPSA) is 20.2 Å². The van der Waals surface area contributed by atoms with Gasteiger partial charge in [-0.05, 0) is 68.1 Å². The minimum Gasteiger partial charge on any atom is -0.393 e. The van der Waals surface area contributed by atoms with Gasteiger partial charge >= 0.3 is 0 Å². The van der Waals surface area contributed by atoms with Crippen LogP contribution in [0.15, 0.2) is 47.4 Å². The summed E-state index contributed by atoms with van der Waals surface area (Å²) in [4.78, 5) is 0.953. The molecule has 0 radical (unpaired) electrons. The van der Waals surface area contributed by atoms with Gasteiger partial charge in [0.1, 0.15) is 11.6 Å². The molecular formula is C18H17ClF2OS. The molecule has 0 bridgehead atoms. The average molecular weight is 355 g/mol. The third-order valence-corrected chi connectivity index (χ3v) is 6.09. The summed E-state index contributed by atoms with van der Waals surface area (Å²) in [6.45, 7) is 0. The molecule has 0 spiro atoms. The normalized spacial score (nSPS) is 24.6. The first-order valence-corrected chi connectivity index (χ1v) is 8.76. The van der Waals surface area contributed by atoms with Gasteiger partial charge in [0.15, 0.2) is 0 Å². The fourth-order valence-electron chi connectivity index (χ4n) is 3.07. The zero-order valence-corrected chi connectivity index (χ0v) is 14.0. The Labute approximate surface area is 143 Å². The van der Waals surface area contributed by atoms with Gasteiger partial charge < -0.3 is 5.11 Å². The number of rotatable bonds is 3. The van der Waals surface area contributed by atoms with Crippen molar-refractivity contribution in [3.63, 3.8) is 0 Å². The zero-order valence-electron chi connectivity index (χ0n) is 12.4. The molecule has 2 aromatic rings. The van der Waals surface area contributed by atoms with Gasteiger partial charge in [0, 0.05) is 20.2 Å². The van der Waals surface area contributed by atoms with E-state index in [4.69, 9.17) is 11.6 Å². The van der Waals surface area contributed by atoms with Crippen LogP contribution in [-0.4, -0.2) is 11.2 Å². The molecule has 2 aromatic carbocycles. The number of benzene rings is 2. The van der Waals surface area contributed by atoms with E-state index >= 15 is 0 Å². The SMILES string of the molecule is OC1CCC(Sc2ccc(Cl)cc2)(c2cc(F)ccc2F)CC1. The van der Waals surface area contributed by atoms with Gasteiger partial charge in [-0.15, -0.1) is 11.8 Å². The van der Waals surface area contributed by atoms with Crippen LogP contribution in [0.2, 0.25) is 5.02 Å². The lowest BCUT2D eigenvalue weighted by atomic mass is 9.81. The summed E-state index contributed by atoms with van der Waals surface area (Å²) >= 11 is 7.44. The Kier molecular flexibility index (Phi) is 4.95. The quantitative estimate of drug-likeness (QED) is 0.780. The lowest BCUT2D eigenvalue weighted by molar-refractivity contribution is 0.116. The standard InChI is InChI=1S/C18H17ClF2OS/c19-12-1-4-15(5-2-12)23-18(9-7-14(22)8-10-18)16-11-13(20)3-6-17(16)21/h1-6,11,14,22H,7-10H2. The van der Waals surface area contributed by atoms with Gasteiger partial charge in [-0.2, -0.15) is 0 Å². The maximum absolute atomic E-state index is 14.4. The Morgan fingerprint density at radius 2 is 1.70 bits per heavy atom. The van der Waals surface area contributed by atoms with E-state index in [-0.39, 0.29) is 6.10 Å². The fourth-order valence-corrected chi connectivity index (χ4v) is 4.63. The molecule has 1 aliphatic rings. The average Bonchev–Trinajstić information content (AvgIpc) is 2.54. The Morgan fingerprint density at radius 3 is 2.35 bits per heavy atom. The summed E-state index contributed by atoms with van der Waals surface area (Å²) in [6.07, 6.45) is 1.99. The summed E-state index contributed by atoms with van der Waals surface area (Å²) < 4.78 is 27.5. The second-order valence-electron chi connectivity index (χ2n) is 5.91. The largest absolute Gasteiger partial charge is 0.393 e. The Hall–Kier alpha value is -1.10. The van der Waals surface area contributed by atoms with Crippen LogP contribution in [0.1, 0.15) is 31.2 Å². The van der Waals surface area contributed by atoms with Crippen molar-refractivity contribution in [1.29, 1.82) is 0 Å². The first kappa shape index (κ1) is 16.7. The van der Waals surface area contributed by atoms with E-state index in [1.165, 1.54) is 23.9 Å². The van der Waals surface area contributed by atoms with Crippen molar-refractivity contribution in [3.05, 3.63) is 64.7 Å². The summed E-state index contributed by atoms with van der Waals surface area (Å²) in [6, 6.07) is 11.0. The summed E-state index contributed by atoms with van der Waals surface area (Å²) in [5.74, 6) is -0.840. The molecule has 0 aliphatic heterocycles. The molecule has 23 heavy (non-hydrogen) atoms. The minimum atomic E-state index is -0.570. The smallest absolute Gasteiger partial charge is 0.128 e. The van der Waals surface area contributed by atoms with Crippen molar-refractivity contribution in [2.45, 2.75) is 41.4 Å². The van der Waals surface area contributed by atoms with E-state index in [9.17, 15) is 13.9 Å². The molecule has 0 heterocycles. The van der Waals surface area contributed by atoms with E-state index in [0.29, 0.717) is 36.3 Å². The van der Waals surface area contributed by atoms with Crippen LogP contribution in [0.4, 0.5) is 8.78 Å². The molecule has 0 amide bonds. The van der Waals surface area contributed by atoms with Crippen LogP contribution in [0, 0.1) is 11.6 Å². The highest BCUT2D eigenvalue weighted by Crippen LogP contribution is 2.52. The van der Waals surface area contributed by atoms with Crippen molar-refractivity contribution in [2.24, 2.45) is 0 Å². The highest BCUT2D eigenvalue weighted by molar-refractivity contribution is 8.00. The predicted octanol–water partition coefficient (Wildman–Crippen LogP) is 5.54. The van der Waals surface area contributed by atoms with E-state index in [1.807, 2.05) is 12.1 Å². The van der Waals surface area contributed by atoms with Gasteiger partial charge in [0.2, 0.25) is 0 Å². The van der Waals surface area contributed by atoms with Gasteiger partial charge in [-0.25, -0.2) is 8.78 Å². The first-order valence-electron chi connectivity index (χ1n) is 7.57. The summed E-state index contributed by atoms with van der Waals surface area (Å²) in [5, 5.41) is 10.5. The van der Waals surface area contributed by atoms with Gasteiger partial charge in [0.05, 0.1) is 6.10 Å². The lowest BCUT2D eigenvalue weighted by Gasteiger charge is -2.39. The van der Waals surface area contributed by atoms with Crippen molar-refractivity contribution < 1.29 is 13.9 Å². The summed E-state index contributed by atoms with van der Waals surface area (Å²) in [7, 11) is 0. The van der Waals surface area contributed by atoms with Crippen LogP contribution >= 0.6 is 23.4 Å². The number of halogens is 3. The number of hydrogen-bond acceptors (Lipinski definition) is 2. The van der Waals surface area contributed by atoms with Gasteiger partial charge in [0.25, 0.3) is 0 Å². The van der Waals surface area contributed by atoms with Crippen LogP contribution in [0.25, 0.3) is 0 Å². The van der Waals surface area contributed by atoms with Crippen LogP contribution in [0.3, 0.4) is 0 Å². The molecule has 0 aromatic heterocycles. The Morgan fingerprint density at radius 1 is 1.04 bits per heavy atom. The maximum atomic E-state index is 14.4. The fraction of sp³-hybridized carbons (Fsp3) is 0.333. The minimum absolute atomic E-state index is 0.370. The second kappa shape index (κ2) is 6.80. The van der Waals surface area contributed by atoms with Gasteiger partial charge in [-0.1, -0.05) is 11.6 Å². The molecule has 1 fully saturated rings. The van der Waals surface area contributed by atoms with Crippen LogP contribution in [0.5, 0.6) is 0 Å². The highest BCUT2D eigenvalue weighted by atomic mass is 35.5. The third kappa shape index (κ3) is 3.70. The van der Waals surface area contributed by atoms with E-state index in [0.717, 1.165) is 11.0 Å². The Balaban J connectivity index is 2.00. The van der Waals surface area contributed by atoms with Crippen LogP contribution in [-0.2, 0) is 4.75 Å². The van der Waals surface area contributed by atoms with E-state index in [2.05, 4.69) is 0 Å². The molecular weight excluding hydrogens is 338 g/mol. The first-order chi connectivity index (χ1) is 11.0. The Bertz CT molecular complexity index is 682. The van der Waals surface area contributed by atoms with Crippen molar-refractivity contribution in [1.82, 2.24) is 0 Å². The molecule has 1 nitrogen and oxygen atoms in total.